The van der Waals surface area contributed by atoms with Crippen LogP contribution < -0.4 is 4.74 Å². The zero-order chi connectivity index (χ0) is 13.1. The zero-order valence-electron chi connectivity index (χ0n) is 9.58. The molecule has 0 unspecified atom stereocenters. The molecule has 0 amide bonds. The summed E-state index contributed by atoms with van der Waals surface area (Å²) in [4.78, 5) is 0. The Hall–Kier alpha value is -2.05. The highest BCUT2D eigenvalue weighted by Crippen LogP contribution is 2.31. The number of benzene rings is 2. The lowest BCUT2D eigenvalue weighted by Gasteiger charge is -2.08. The van der Waals surface area contributed by atoms with E-state index in [1.54, 1.807) is 24.3 Å². The van der Waals surface area contributed by atoms with Crippen LogP contribution in [0.15, 0.2) is 36.4 Å². The van der Waals surface area contributed by atoms with Crippen LogP contribution in [0.5, 0.6) is 5.75 Å². The topological polar surface area (TPSA) is 33.0 Å². The summed E-state index contributed by atoms with van der Waals surface area (Å²) in [5, 5.41) is 9.27. The first-order valence-corrected chi connectivity index (χ1v) is 5.57. The Labute approximate surface area is 109 Å². The first kappa shape index (κ1) is 12.4. The van der Waals surface area contributed by atoms with Gasteiger partial charge < -0.3 is 4.74 Å². The SMILES string of the molecule is COc1cccc(-c2cc(Cl)cc(C#N)c2)c1F. The van der Waals surface area contributed by atoms with Crippen molar-refractivity contribution in [3.8, 4) is 22.9 Å². The quantitative estimate of drug-likeness (QED) is 0.818. The fraction of sp³-hybridized carbons (Fsp3) is 0.0714. The van der Waals surface area contributed by atoms with Gasteiger partial charge in [-0.25, -0.2) is 4.39 Å². The van der Waals surface area contributed by atoms with Gasteiger partial charge >= 0.3 is 0 Å². The van der Waals surface area contributed by atoms with Crippen LogP contribution in [0.25, 0.3) is 11.1 Å². The monoisotopic (exact) mass is 261 g/mol. The fourth-order valence-corrected chi connectivity index (χ4v) is 1.94. The highest BCUT2D eigenvalue weighted by molar-refractivity contribution is 6.31. The predicted molar refractivity (Wildman–Crippen MR) is 68.1 cm³/mol. The van der Waals surface area contributed by atoms with E-state index in [1.807, 2.05) is 6.07 Å². The van der Waals surface area contributed by atoms with Gasteiger partial charge in [0.15, 0.2) is 11.6 Å². The molecule has 0 spiro atoms. The third-order valence-corrected chi connectivity index (χ3v) is 2.74. The lowest BCUT2D eigenvalue weighted by molar-refractivity contribution is 0.387. The highest BCUT2D eigenvalue weighted by atomic mass is 35.5. The third kappa shape index (κ3) is 2.29. The van der Waals surface area contributed by atoms with Crippen molar-refractivity contribution in [2.24, 2.45) is 0 Å². The van der Waals surface area contributed by atoms with Gasteiger partial charge in [0.25, 0.3) is 0 Å². The second-order valence-corrected chi connectivity index (χ2v) is 4.10. The van der Waals surface area contributed by atoms with E-state index >= 15 is 0 Å². The molecule has 0 atom stereocenters. The Bertz CT molecular complexity index is 634. The second kappa shape index (κ2) is 5.07. The molecule has 2 nitrogen and oxygen atoms in total. The largest absolute Gasteiger partial charge is 0.494 e. The summed E-state index contributed by atoms with van der Waals surface area (Å²) in [5.41, 5.74) is 1.29. The van der Waals surface area contributed by atoms with E-state index in [1.165, 1.54) is 19.2 Å². The van der Waals surface area contributed by atoms with Gasteiger partial charge in [-0.05, 0) is 29.8 Å². The number of hydrogen-bond acceptors (Lipinski definition) is 2. The van der Waals surface area contributed by atoms with Crippen LogP contribution in [0.4, 0.5) is 4.39 Å². The molecule has 0 N–H and O–H groups in total. The lowest BCUT2D eigenvalue weighted by Crippen LogP contribution is -1.91. The Morgan fingerprint density at radius 2 is 2.06 bits per heavy atom. The number of rotatable bonds is 2. The molecule has 90 valence electrons. The molecule has 2 rings (SSSR count). The molecule has 0 aliphatic heterocycles. The molecule has 0 aliphatic carbocycles. The summed E-state index contributed by atoms with van der Waals surface area (Å²) in [5.74, 6) is -0.308. The van der Waals surface area contributed by atoms with Crippen LogP contribution in [0, 0.1) is 17.1 Å². The van der Waals surface area contributed by atoms with E-state index in [9.17, 15) is 4.39 Å². The summed E-state index contributed by atoms with van der Waals surface area (Å²) < 4.78 is 19.0. The summed E-state index contributed by atoms with van der Waals surface area (Å²) >= 11 is 5.90. The number of hydrogen-bond donors (Lipinski definition) is 0. The van der Waals surface area contributed by atoms with Crippen LogP contribution in [0.3, 0.4) is 0 Å². The molecule has 0 fully saturated rings. The fourth-order valence-electron chi connectivity index (χ4n) is 1.70. The van der Waals surface area contributed by atoms with Gasteiger partial charge in [-0.2, -0.15) is 5.26 Å². The van der Waals surface area contributed by atoms with Gasteiger partial charge in [-0.3, -0.25) is 0 Å². The molecule has 0 radical (unpaired) electrons. The Kier molecular flexibility index (Phi) is 3.50. The van der Waals surface area contributed by atoms with Crippen LogP contribution in [0.2, 0.25) is 5.02 Å². The van der Waals surface area contributed by atoms with Crippen LogP contribution in [0.1, 0.15) is 5.56 Å². The van der Waals surface area contributed by atoms with Gasteiger partial charge in [0.05, 0.1) is 18.7 Å². The molecule has 0 heterocycles. The first-order chi connectivity index (χ1) is 8.65. The molecule has 0 bridgehead atoms. The van der Waals surface area contributed by atoms with Crippen molar-refractivity contribution < 1.29 is 9.13 Å². The van der Waals surface area contributed by atoms with Crippen molar-refractivity contribution in [3.63, 3.8) is 0 Å². The van der Waals surface area contributed by atoms with E-state index in [2.05, 4.69) is 0 Å². The lowest BCUT2D eigenvalue weighted by atomic mass is 10.0. The van der Waals surface area contributed by atoms with Gasteiger partial charge in [0, 0.05) is 10.6 Å². The first-order valence-electron chi connectivity index (χ1n) is 5.19. The molecule has 0 saturated heterocycles. The minimum atomic E-state index is -0.467. The highest BCUT2D eigenvalue weighted by Gasteiger charge is 2.11. The molecule has 2 aromatic rings. The van der Waals surface area contributed by atoms with Crippen molar-refractivity contribution >= 4 is 11.6 Å². The molecule has 18 heavy (non-hydrogen) atoms. The van der Waals surface area contributed by atoms with Gasteiger partial charge in [0.2, 0.25) is 0 Å². The average molecular weight is 262 g/mol. The number of halogens is 2. The maximum Gasteiger partial charge on any atom is 0.172 e. The minimum absolute atomic E-state index is 0.158. The predicted octanol–water partition coefficient (Wildman–Crippen LogP) is 4.03. The van der Waals surface area contributed by atoms with Crippen molar-refractivity contribution in [2.75, 3.05) is 7.11 Å². The van der Waals surface area contributed by atoms with Gasteiger partial charge in [0.1, 0.15) is 0 Å². The Morgan fingerprint density at radius 3 is 2.72 bits per heavy atom. The molecule has 0 aliphatic rings. The molecular formula is C14H9ClFNO. The standard InChI is InChI=1S/C14H9ClFNO/c1-18-13-4-2-3-12(14(13)16)10-5-9(8-17)6-11(15)7-10/h2-7H,1H3. The van der Waals surface area contributed by atoms with Gasteiger partial charge in [-0.15, -0.1) is 0 Å². The van der Waals surface area contributed by atoms with E-state index in [-0.39, 0.29) is 5.75 Å². The third-order valence-electron chi connectivity index (χ3n) is 2.52. The summed E-state index contributed by atoms with van der Waals surface area (Å²) in [6, 6.07) is 11.6. The summed E-state index contributed by atoms with van der Waals surface area (Å²) in [7, 11) is 1.40. The van der Waals surface area contributed by atoms with Gasteiger partial charge in [-0.1, -0.05) is 23.7 Å². The molecule has 0 aromatic heterocycles. The van der Waals surface area contributed by atoms with Crippen molar-refractivity contribution in [1.82, 2.24) is 0 Å². The van der Waals surface area contributed by atoms with Crippen LogP contribution >= 0.6 is 11.6 Å². The van der Waals surface area contributed by atoms with Crippen LogP contribution in [-0.4, -0.2) is 7.11 Å². The van der Waals surface area contributed by atoms with E-state index in [0.29, 0.717) is 21.7 Å². The maximum atomic E-state index is 14.1. The van der Waals surface area contributed by atoms with E-state index in [0.717, 1.165) is 0 Å². The maximum absolute atomic E-state index is 14.1. The van der Waals surface area contributed by atoms with Crippen molar-refractivity contribution in [2.45, 2.75) is 0 Å². The van der Waals surface area contributed by atoms with Crippen molar-refractivity contribution in [1.29, 1.82) is 5.26 Å². The summed E-state index contributed by atoms with van der Waals surface area (Å²) in [6.07, 6.45) is 0. The van der Waals surface area contributed by atoms with E-state index in [4.69, 9.17) is 21.6 Å². The number of methoxy groups -OCH3 is 1. The molecule has 2 aromatic carbocycles. The Balaban J connectivity index is 2.62. The smallest absolute Gasteiger partial charge is 0.172 e. The minimum Gasteiger partial charge on any atom is -0.494 e. The number of nitrogens with zero attached hydrogens (tertiary/aromatic N) is 1. The zero-order valence-corrected chi connectivity index (χ0v) is 10.3. The number of ether oxygens (including phenoxy) is 1. The van der Waals surface area contributed by atoms with E-state index < -0.39 is 5.82 Å². The molecule has 4 heteroatoms. The molecular weight excluding hydrogens is 253 g/mol. The number of nitriles is 1. The van der Waals surface area contributed by atoms with Crippen LogP contribution in [-0.2, 0) is 0 Å². The Morgan fingerprint density at radius 1 is 1.28 bits per heavy atom. The second-order valence-electron chi connectivity index (χ2n) is 3.66. The summed E-state index contributed by atoms with van der Waals surface area (Å²) in [6.45, 7) is 0. The normalized spacial score (nSPS) is 9.89. The average Bonchev–Trinajstić information content (AvgIpc) is 2.38. The molecule has 0 saturated carbocycles. The van der Waals surface area contributed by atoms with Crippen molar-refractivity contribution in [3.05, 3.63) is 52.8 Å².